The monoisotopic (exact) mass is 285 g/mol. The molecule has 0 saturated heterocycles. The molecule has 5 nitrogen and oxygen atoms in total. The van der Waals surface area contributed by atoms with Crippen molar-refractivity contribution in [3.05, 3.63) is 46.7 Å². The van der Waals surface area contributed by atoms with Gasteiger partial charge in [-0.05, 0) is 26.0 Å². The van der Waals surface area contributed by atoms with Gasteiger partial charge in [-0.15, -0.1) is 11.3 Å². The van der Waals surface area contributed by atoms with Gasteiger partial charge in [0.25, 0.3) is 0 Å². The minimum Gasteiger partial charge on any atom is -0.375 e. The topological polar surface area (TPSA) is 66.5 Å². The minimum atomic E-state index is 0.149. The summed E-state index contributed by atoms with van der Waals surface area (Å²) in [5.41, 5.74) is 1.99. The van der Waals surface area contributed by atoms with E-state index < -0.39 is 0 Å². The summed E-state index contributed by atoms with van der Waals surface area (Å²) in [7, 11) is 0. The number of hydrogen-bond donors (Lipinski definition) is 2. The summed E-state index contributed by atoms with van der Waals surface area (Å²) in [6.07, 6.45) is 1.82. The van der Waals surface area contributed by atoms with Gasteiger partial charge in [-0.1, -0.05) is 12.1 Å². The average molecular weight is 285 g/mol. The largest absolute Gasteiger partial charge is 0.375 e. The Bertz CT molecular complexity index is 689. The van der Waals surface area contributed by atoms with Crippen molar-refractivity contribution >= 4 is 17.0 Å². The Hall–Kier alpha value is -2.21. The molecule has 0 spiro atoms. The lowest BCUT2D eigenvalue weighted by Crippen LogP contribution is -2.07. The standard InChI is InChI=1S/C14H15N5S/c1-9(14-15-7-8-20-14)16-12-6-4-3-5-11(12)13-17-10(2)18-19-13/h3-9,16H,1-2H3,(H,17,18,19). The number of aromatic nitrogens is 4. The second kappa shape index (κ2) is 5.42. The maximum Gasteiger partial charge on any atom is 0.183 e. The number of H-pyrrole nitrogens is 1. The molecule has 0 saturated carbocycles. The fraction of sp³-hybridized carbons (Fsp3) is 0.214. The van der Waals surface area contributed by atoms with Crippen LogP contribution in [0, 0.1) is 6.92 Å². The Morgan fingerprint density at radius 1 is 1.30 bits per heavy atom. The average Bonchev–Trinajstić information content (AvgIpc) is 3.10. The van der Waals surface area contributed by atoms with E-state index in [0.29, 0.717) is 5.82 Å². The highest BCUT2D eigenvalue weighted by Crippen LogP contribution is 2.28. The van der Waals surface area contributed by atoms with Gasteiger partial charge in [0.15, 0.2) is 5.82 Å². The van der Waals surface area contributed by atoms with Crippen molar-refractivity contribution in [1.82, 2.24) is 20.2 Å². The Morgan fingerprint density at radius 2 is 2.15 bits per heavy atom. The number of para-hydroxylation sites is 1. The summed E-state index contributed by atoms with van der Waals surface area (Å²) in [4.78, 5) is 8.73. The molecule has 2 heterocycles. The summed E-state index contributed by atoms with van der Waals surface area (Å²) in [5, 5.41) is 13.6. The highest BCUT2D eigenvalue weighted by Gasteiger charge is 2.13. The number of hydrogen-bond acceptors (Lipinski definition) is 5. The summed E-state index contributed by atoms with van der Waals surface area (Å²) in [6, 6.07) is 8.18. The van der Waals surface area contributed by atoms with Gasteiger partial charge in [0.05, 0.1) is 6.04 Å². The molecule has 0 amide bonds. The van der Waals surface area contributed by atoms with Crippen LogP contribution in [0.4, 0.5) is 5.69 Å². The Kier molecular flexibility index (Phi) is 3.47. The lowest BCUT2D eigenvalue weighted by molar-refractivity contribution is 0.870. The number of anilines is 1. The predicted molar refractivity (Wildman–Crippen MR) is 80.7 cm³/mol. The van der Waals surface area contributed by atoms with E-state index in [1.807, 2.05) is 42.8 Å². The number of thiazole rings is 1. The van der Waals surface area contributed by atoms with Crippen LogP contribution in [0.15, 0.2) is 35.8 Å². The number of nitrogens with one attached hydrogen (secondary N) is 2. The number of rotatable bonds is 4. The Morgan fingerprint density at radius 3 is 2.85 bits per heavy atom. The summed E-state index contributed by atoms with van der Waals surface area (Å²) >= 11 is 1.65. The highest BCUT2D eigenvalue weighted by atomic mass is 32.1. The first kappa shape index (κ1) is 12.8. The molecule has 3 aromatic rings. The first-order valence-electron chi connectivity index (χ1n) is 6.38. The fourth-order valence-corrected chi connectivity index (χ4v) is 2.66. The predicted octanol–water partition coefficient (Wildman–Crippen LogP) is 3.41. The molecule has 0 radical (unpaired) electrons. The molecule has 3 rings (SSSR count). The van der Waals surface area contributed by atoms with E-state index in [-0.39, 0.29) is 6.04 Å². The van der Waals surface area contributed by atoms with Gasteiger partial charge < -0.3 is 5.32 Å². The van der Waals surface area contributed by atoms with Crippen LogP contribution in [0.3, 0.4) is 0 Å². The van der Waals surface area contributed by atoms with Crippen molar-refractivity contribution in [3.63, 3.8) is 0 Å². The van der Waals surface area contributed by atoms with Crippen LogP contribution in [0.2, 0.25) is 0 Å². The molecular weight excluding hydrogens is 270 g/mol. The van der Waals surface area contributed by atoms with Crippen molar-refractivity contribution < 1.29 is 0 Å². The van der Waals surface area contributed by atoms with Crippen LogP contribution in [0.25, 0.3) is 11.4 Å². The molecule has 102 valence electrons. The fourth-order valence-electron chi connectivity index (χ4n) is 2.01. The third kappa shape index (κ3) is 2.55. The number of benzene rings is 1. The molecule has 20 heavy (non-hydrogen) atoms. The van der Waals surface area contributed by atoms with Gasteiger partial charge in [0.1, 0.15) is 10.8 Å². The zero-order valence-electron chi connectivity index (χ0n) is 11.3. The second-order valence-electron chi connectivity index (χ2n) is 4.53. The molecule has 2 N–H and O–H groups in total. The maximum absolute atomic E-state index is 4.39. The third-order valence-electron chi connectivity index (χ3n) is 2.96. The molecule has 0 aliphatic rings. The van der Waals surface area contributed by atoms with Crippen LogP contribution in [0.5, 0.6) is 0 Å². The Labute approximate surface area is 121 Å². The lowest BCUT2D eigenvalue weighted by atomic mass is 10.1. The van der Waals surface area contributed by atoms with E-state index in [4.69, 9.17) is 0 Å². The Balaban J connectivity index is 1.90. The zero-order valence-corrected chi connectivity index (χ0v) is 12.1. The molecule has 1 unspecified atom stereocenters. The molecule has 1 atom stereocenters. The number of nitrogens with zero attached hydrogens (tertiary/aromatic N) is 3. The summed E-state index contributed by atoms with van der Waals surface area (Å²) in [5.74, 6) is 1.51. The lowest BCUT2D eigenvalue weighted by Gasteiger charge is -2.15. The minimum absolute atomic E-state index is 0.149. The molecule has 0 fully saturated rings. The number of aromatic amines is 1. The molecule has 6 heteroatoms. The zero-order chi connectivity index (χ0) is 13.9. The van der Waals surface area contributed by atoms with Gasteiger partial charge in [-0.25, -0.2) is 9.97 Å². The van der Waals surface area contributed by atoms with E-state index in [2.05, 4.69) is 32.4 Å². The first-order valence-corrected chi connectivity index (χ1v) is 7.26. The molecule has 0 aliphatic carbocycles. The molecule has 2 aromatic heterocycles. The van der Waals surface area contributed by atoms with Crippen molar-refractivity contribution in [1.29, 1.82) is 0 Å². The summed E-state index contributed by atoms with van der Waals surface area (Å²) in [6.45, 7) is 3.99. The van der Waals surface area contributed by atoms with Gasteiger partial charge >= 0.3 is 0 Å². The van der Waals surface area contributed by atoms with Crippen molar-refractivity contribution in [3.8, 4) is 11.4 Å². The van der Waals surface area contributed by atoms with Gasteiger partial charge in [-0.2, -0.15) is 5.10 Å². The normalized spacial score (nSPS) is 12.3. The van der Waals surface area contributed by atoms with E-state index in [0.717, 1.165) is 22.1 Å². The maximum atomic E-state index is 4.39. The van der Waals surface area contributed by atoms with Crippen LogP contribution in [-0.2, 0) is 0 Å². The van der Waals surface area contributed by atoms with Crippen molar-refractivity contribution in [2.75, 3.05) is 5.32 Å². The SMILES string of the molecule is Cc1nc(-c2ccccc2NC(C)c2nccs2)n[nH]1. The van der Waals surface area contributed by atoms with Crippen molar-refractivity contribution in [2.45, 2.75) is 19.9 Å². The first-order chi connectivity index (χ1) is 9.74. The van der Waals surface area contributed by atoms with E-state index >= 15 is 0 Å². The molecule has 0 aliphatic heterocycles. The van der Waals surface area contributed by atoms with Gasteiger partial charge in [0.2, 0.25) is 0 Å². The molecule has 1 aromatic carbocycles. The molecule has 0 bridgehead atoms. The third-order valence-corrected chi connectivity index (χ3v) is 3.92. The second-order valence-corrected chi connectivity index (χ2v) is 5.45. The quantitative estimate of drug-likeness (QED) is 0.771. The van der Waals surface area contributed by atoms with Crippen molar-refractivity contribution in [2.24, 2.45) is 0 Å². The van der Waals surface area contributed by atoms with Crippen LogP contribution >= 0.6 is 11.3 Å². The molecular formula is C14H15N5S. The van der Waals surface area contributed by atoms with E-state index in [9.17, 15) is 0 Å². The van der Waals surface area contributed by atoms with E-state index in [1.165, 1.54) is 0 Å². The van der Waals surface area contributed by atoms with Crippen LogP contribution < -0.4 is 5.32 Å². The van der Waals surface area contributed by atoms with Gasteiger partial charge in [-0.3, -0.25) is 5.10 Å². The smallest absolute Gasteiger partial charge is 0.183 e. The van der Waals surface area contributed by atoms with Crippen LogP contribution in [-0.4, -0.2) is 20.2 Å². The number of aryl methyl sites for hydroxylation is 1. The highest BCUT2D eigenvalue weighted by molar-refractivity contribution is 7.09. The van der Waals surface area contributed by atoms with Gasteiger partial charge in [0, 0.05) is 22.8 Å². The summed E-state index contributed by atoms with van der Waals surface area (Å²) < 4.78 is 0. The van der Waals surface area contributed by atoms with Crippen LogP contribution in [0.1, 0.15) is 23.8 Å². The van der Waals surface area contributed by atoms with E-state index in [1.54, 1.807) is 11.3 Å².